The van der Waals surface area contributed by atoms with Gasteiger partial charge in [0.2, 0.25) is 5.95 Å². The second-order valence-electron chi connectivity index (χ2n) is 4.45. The van der Waals surface area contributed by atoms with Crippen molar-refractivity contribution in [3.63, 3.8) is 0 Å². The van der Waals surface area contributed by atoms with E-state index in [9.17, 15) is 0 Å². The minimum Gasteiger partial charge on any atom is -0.461 e. The normalized spacial score (nSPS) is 10.4. The fourth-order valence-corrected chi connectivity index (χ4v) is 1.42. The summed E-state index contributed by atoms with van der Waals surface area (Å²) in [6.07, 6.45) is -0.0600. The van der Waals surface area contributed by atoms with E-state index < -0.39 is 0 Å². The lowest BCUT2D eigenvalue weighted by Crippen LogP contribution is -2.14. The molecule has 0 aliphatic carbocycles. The summed E-state index contributed by atoms with van der Waals surface area (Å²) in [4.78, 5) is 12.1. The molecule has 0 fully saturated rings. The second-order valence-corrected chi connectivity index (χ2v) is 4.45. The van der Waals surface area contributed by atoms with Gasteiger partial charge in [-0.05, 0) is 32.9 Å². The summed E-state index contributed by atoms with van der Waals surface area (Å²) in [5, 5.41) is 0. The molecule has 0 saturated heterocycles. The summed E-state index contributed by atoms with van der Waals surface area (Å²) >= 11 is 0. The number of benzene rings is 1. The fraction of sp³-hybridized carbons (Fsp3) is 0.308. The number of nitrogens with zero attached hydrogens (tertiary/aromatic N) is 3. The first-order chi connectivity index (χ1) is 9.56. The van der Waals surface area contributed by atoms with Crippen molar-refractivity contribution in [1.29, 1.82) is 0 Å². The van der Waals surface area contributed by atoms with Gasteiger partial charge in [0.1, 0.15) is 5.75 Å². The second kappa shape index (κ2) is 6.16. The number of aromatic nitrogens is 3. The molecule has 7 nitrogen and oxygen atoms in total. The number of rotatable bonds is 5. The summed E-state index contributed by atoms with van der Waals surface area (Å²) in [6.45, 7) is 5.75. The molecule has 0 saturated carbocycles. The van der Waals surface area contributed by atoms with Gasteiger partial charge in [0, 0.05) is 0 Å². The van der Waals surface area contributed by atoms with Gasteiger partial charge in [0.25, 0.3) is 0 Å². The minimum atomic E-state index is -0.0600. The topological polar surface area (TPSA) is 95.2 Å². The molecule has 2 rings (SSSR count). The van der Waals surface area contributed by atoms with E-state index in [1.165, 1.54) is 0 Å². The maximum atomic E-state index is 5.56. The van der Waals surface area contributed by atoms with Crippen LogP contribution in [0.3, 0.4) is 0 Å². The van der Waals surface area contributed by atoms with Gasteiger partial charge in [-0.2, -0.15) is 9.97 Å². The summed E-state index contributed by atoms with van der Waals surface area (Å²) in [5.74, 6) is 6.12. The standard InChI is InChI=1S/C13H17N5O2/c1-8(2)19-12-15-11(18-14)16-13(17-12)20-10-6-4-9(3)5-7-10/h4-8H,14H2,1-3H3,(H,15,16,17,18). The predicted octanol–water partition coefficient (Wildman–Crippen LogP) is 2.05. The van der Waals surface area contributed by atoms with Crippen LogP contribution in [0.4, 0.5) is 5.95 Å². The van der Waals surface area contributed by atoms with Crippen LogP contribution in [-0.4, -0.2) is 21.1 Å². The van der Waals surface area contributed by atoms with Crippen LogP contribution >= 0.6 is 0 Å². The average Bonchev–Trinajstić information content (AvgIpc) is 2.40. The van der Waals surface area contributed by atoms with E-state index in [4.69, 9.17) is 15.3 Å². The average molecular weight is 275 g/mol. The number of ether oxygens (including phenoxy) is 2. The van der Waals surface area contributed by atoms with Crippen molar-refractivity contribution in [2.24, 2.45) is 5.84 Å². The molecule has 20 heavy (non-hydrogen) atoms. The van der Waals surface area contributed by atoms with Gasteiger partial charge in [0.05, 0.1) is 6.10 Å². The number of nitrogen functional groups attached to an aromatic ring is 1. The molecular formula is C13H17N5O2. The molecule has 0 bridgehead atoms. The highest BCUT2D eigenvalue weighted by molar-refractivity contribution is 5.31. The van der Waals surface area contributed by atoms with Crippen molar-refractivity contribution >= 4 is 5.95 Å². The number of hydrazine groups is 1. The van der Waals surface area contributed by atoms with E-state index in [2.05, 4.69) is 20.4 Å². The van der Waals surface area contributed by atoms with Crippen LogP contribution < -0.4 is 20.7 Å². The molecule has 3 N–H and O–H groups in total. The predicted molar refractivity (Wildman–Crippen MR) is 74.7 cm³/mol. The zero-order chi connectivity index (χ0) is 14.5. The van der Waals surface area contributed by atoms with Gasteiger partial charge >= 0.3 is 12.0 Å². The minimum absolute atomic E-state index is 0.0600. The smallest absolute Gasteiger partial charge is 0.330 e. The SMILES string of the molecule is Cc1ccc(Oc2nc(NN)nc(OC(C)C)n2)cc1. The Morgan fingerprint density at radius 2 is 1.70 bits per heavy atom. The van der Waals surface area contributed by atoms with Crippen LogP contribution in [0.1, 0.15) is 19.4 Å². The Hall–Kier alpha value is -2.41. The van der Waals surface area contributed by atoms with Crippen LogP contribution in [0.25, 0.3) is 0 Å². The Morgan fingerprint density at radius 3 is 2.30 bits per heavy atom. The van der Waals surface area contributed by atoms with E-state index in [1.807, 2.05) is 45.0 Å². The van der Waals surface area contributed by atoms with Crippen molar-refractivity contribution in [2.45, 2.75) is 26.9 Å². The van der Waals surface area contributed by atoms with Gasteiger partial charge in [-0.15, -0.1) is 4.98 Å². The van der Waals surface area contributed by atoms with Crippen LogP contribution in [0.5, 0.6) is 17.8 Å². The van der Waals surface area contributed by atoms with Crippen molar-refractivity contribution in [2.75, 3.05) is 5.43 Å². The first-order valence-corrected chi connectivity index (χ1v) is 6.20. The number of hydrogen-bond acceptors (Lipinski definition) is 7. The summed E-state index contributed by atoms with van der Waals surface area (Å²) in [7, 11) is 0. The van der Waals surface area contributed by atoms with E-state index >= 15 is 0 Å². The van der Waals surface area contributed by atoms with E-state index in [-0.39, 0.29) is 24.1 Å². The number of hydrogen-bond donors (Lipinski definition) is 2. The highest BCUT2D eigenvalue weighted by Gasteiger charge is 2.10. The summed E-state index contributed by atoms with van der Waals surface area (Å²) < 4.78 is 11.0. The van der Waals surface area contributed by atoms with Gasteiger partial charge in [-0.25, -0.2) is 5.84 Å². The third-order valence-corrected chi connectivity index (χ3v) is 2.29. The first-order valence-electron chi connectivity index (χ1n) is 6.20. The molecule has 0 aliphatic rings. The van der Waals surface area contributed by atoms with Crippen molar-refractivity contribution in [3.8, 4) is 17.8 Å². The molecular weight excluding hydrogens is 258 g/mol. The first kappa shape index (κ1) is 14.0. The van der Waals surface area contributed by atoms with Crippen LogP contribution in [0, 0.1) is 6.92 Å². The van der Waals surface area contributed by atoms with Crippen molar-refractivity contribution in [3.05, 3.63) is 29.8 Å². The highest BCUT2D eigenvalue weighted by Crippen LogP contribution is 2.21. The van der Waals surface area contributed by atoms with E-state index in [0.717, 1.165) is 5.56 Å². The van der Waals surface area contributed by atoms with Gasteiger partial charge in [0.15, 0.2) is 0 Å². The third-order valence-electron chi connectivity index (χ3n) is 2.29. The number of nitrogens with two attached hydrogens (primary N) is 1. The largest absolute Gasteiger partial charge is 0.461 e. The van der Waals surface area contributed by atoms with Crippen LogP contribution in [0.15, 0.2) is 24.3 Å². The Balaban J connectivity index is 2.23. The zero-order valence-corrected chi connectivity index (χ0v) is 11.6. The number of anilines is 1. The molecule has 0 amide bonds. The van der Waals surface area contributed by atoms with E-state index in [0.29, 0.717) is 5.75 Å². The molecule has 0 unspecified atom stereocenters. The maximum absolute atomic E-state index is 5.56. The summed E-state index contributed by atoms with van der Waals surface area (Å²) in [5.41, 5.74) is 3.49. The lowest BCUT2D eigenvalue weighted by Gasteiger charge is -2.10. The fourth-order valence-electron chi connectivity index (χ4n) is 1.42. The lowest BCUT2D eigenvalue weighted by molar-refractivity contribution is 0.218. The number of nitrogens with one attached hydrogen (secondary N) is 1. The Bertz CT molecular complexity index is 571. The van der Waals surface area contributed by atoms with Crippen molar-refractivity contribution < 1.29 is 9.47 Å². The maximum Gasteiger partial charge on any atom is 0.330 e. The monoisotopic (exact) mass is 275 g/mol. The highest BCUT2D eigenvalue weighted by atomic mass is 16.5. The third kappa shape index (κ3) is 3.79. The van der Waals surface area contributed by atoms with Crippen LogP contribution in [-0.2, 0) is 0 Å². The molecule has 0 spiro atoms. The molecule has 106 valence electrons. The molecule has 7 heteroatoms. The molecule has 0 radical (unpaired) electrons. The van der Waals surface area contributed by atoms with Crippen molar-refractivity contribution in [1.82, 2.24) is 15.0 Å². The molecule has 0 aliphatic heterocycles. The number of aryl methyl sites for hydroxylation is 1. The van der Waals surface area contributed by atoms with Crippen LogP contribution in [0.2, 0.25) is 0 Å². The van der Waals surface area contributed by atoms with E-state index in [1.54, 1.807) is 0 Å². The molecule has 2 aromatic rings. The molecule has 1 aromatic heterocycles. The quantitative estimate of drug-likeness (QED) is 0.636. The Labute approximate surface area is 117 Å². The van der Waals surface area contributed by atoms with Gasteiger partial charge < -0.3 is 9.47 Å². The zero-order valence-electron chi connectivity index (χ0n) is 11.6. The Kier molecular flexibility index (Phi) is 4.31. The van der Waals surface area contributed by atoms with Gasteiger partial charge in [-0.1, -0.05) is 17.7 Å². The molecule has 0 atom stereocenters. The molecule has 1 aromatic carbocycles. The lowest BCUT2D eigenvalue weighted by atomic mass is 10.2. The van der Waals surface area contributed by atoms with Gasteiger partial charge in [-0.3, -0.25) is 5.43 Å². The summed E-state index contributed by atoms with van der Waals surface area (Å²) in [6, 6.07) is 7.81. The molecule has 1 heterocycles. The Morgan fingerprint density at radius 1 is 1.05 bits per heavy atom.